The quantitative estimate of drug-likeness (QED) is 0.721. The Hall–Kier alpha value is -1.69. The smallest absolute Gasteiger partial charge is 0.159 e. The molecule has 0 N–H and O–H groups in total. The summed E-state index contributed by atoms with van der Waals surface area (Å²) in [6, 6.07) is 7.33. The summed E-state index contributed by atoms with van der Waals surface area (Å²) in [4.78, 5) is 15.7. The van der Waals surface area contributed by atoms with Gasteiger partial charge in [-0.1, -0.05) is 6.07 Å². The number of hydrogen-bond acceptors (Lipinski definition) is 3. The van der Waals surface area contributed by atoms with Gasteiger partial charge in [0.05, 0.1) is 11.8 Å². The summed E-state index contributed by atoms with van der Waals surface area (Å²) >= 11 is 0. The molecule has 1 aromatic heterocycles. The average Bonchev–Trinajstić information content (AvgIpc) is 3.03. The zero-order chi connectivity index (χ0) is 9.97. The van der Waals surface area contributed by atoms with Crippen molar-refractivity contribution in [1.82, 2.24) is 4.98 Å². The molecule has 0 radical (unpaired) electrons. The number of rotatable bonds is 3. The third kappa shape index (κ3) is 1.64. The number of Topliss-reactive ketones (excluding diaryl/α,β-unsaturated/α-hetero) is 1. The second-order valence-corrected chi connectivity index (χ2v) is 3.49. The number of carbonyl (C=O) groups excluding carboxylic acids is 1. The molecule has 1 aliphatic rings. The molecule has 3 nitrogen and oxygen atoms in total. The van der Waals surface area contributed by atoms with Crippen molar-refractivity contribution in [3.05, 3.63) is 30.1 Å². The van der Waals surface area contributed by atoms with Gasteiger partial charge in [-0.2, -0.15) is 5.26 Å². The minimum absolute atomic E-state index is 0.0335. The molecule has 0 amide bonds. The van der Waals surface area contributed by atoms with E-state index in [1.54, 1.807) is 24.4 Å². The van der Waals surface area contributed by atoms with E-state index in [4.69, 9.17) is 5.26 Å². The lowest BCUT2D eigenvalue weighted by Gasteiger charge is -2.05. The second kappa shape index (κ2) is 3.59. The number of ketones is 1. The summed E-state index contributed by atoms with van der Waals surface area (Å²) in [6.07, 6.45) is 3.48. The van der Waals surface area contributed by atoms with Crippen LogP contribution in [0.5, 0.6) is 0 Å². The van der Waals surface area contributed by atoms with E-state index in [2.05, 4.69) is 4.98 Å². The zero-order valence-corrected chi connectivity index (χ0v) is 7.68. The Balaban J connectivity index is 2.22. The number of carbonyl (C=O) groups is 1. The molecule has 1 fully saturated rings. The van der Waals surface area contributed by atoms with Crippen LogP contribution in [0.25, 0.3) is 0 Å². The molecule has 1 heterocycles. The fourth-order valence-corrected chi connectivity index (χ4v) is 1.43. The van der Waals surface area contributed by atoms with Crippen molar-refractivity contribution in [3.63, 3.8) is 0 Å². The number of nitrogens with zero attached hydrogens (tertiary/aromatic N) is 2. The van der Waals surface area contributed by atoms with Crippen LogP contribution in [0.4, 0.5) is 0 Å². The van der Waals surface area contributed by atoms with E-state index in [1.165, 1.54) is 0 Å². The maximum Gasteiger partial charge on any atom is 0.159 e. The van der Waals surface area contributed by atoms with Gasteiger partial charge in [0.1, 0.15) is 5.92 Å². The fourth-order valence-electron chi connectivity index (χ4n) is 1.43. The zero-order valence-electron chi connectivity index (χ0n) is 7.68. The molecule has 3 heteroatoms. The van der Waals surface area contributed by atoms with Crippen molar-refractivity contribution in [3.8, 4) is 6.07 Å². The summed E-state index contributed by atoms with van der Waals surface area (Å²) in [5.41, 5.74) is 0.576. The molecule has 1 unspecified atom stereocenters. The molecule has 14 heavy (non-hydrogen) atoms. The Morgan fingerprint density at radius 1 is 1.57 bits per heavy atom. The van der Waals surface area contributed by atoms with Crippen LogP contribution in [0.2, 0.25) is 0 Å². The Kier molecular flexibility index (Phi) is 2.28. The van der Waals surface area contributed by atoms with Gasteiger partial charge in [-0.05, 0) is 25.0 Å². The van der Waals surface area contributed by atoms with E-state index in [9.17, 15) is 4.79 Å². The molecule has 0 spiro atoms. The maximum atomic E-state index is 11.7. The highest BCUT2D eigenvalue weighted by molar-refractivity contribution is 5.91. The number of nitriles is 1. The standard InChI is InChI=1S/C11H10N2O/c12-7-9(11(14)8-4-5-8)10-3-1-2-6-13-10/h1-3,6,8-9H,4-5H2. The van der Waals surface area contributed by atoms with Gasteiger partial charge in [0, 0.05) is 12.1 Å². The molecule has 70 valence electrons. The first-order valence-corrected chi connectivity index (χ1v) is 4.67. The highest BCUT2D eigenvalue weighted by atomic mass is 16.1. The van der Waals surface area contributed by atoms with E-state index in [1.807, 2.05) is 6.07 Å². The predicted octanol–water partition coefficient (Wildman–Crippen LogP) is 1.67. The van der Waals surface area contributed by atoms with Crippen LogP contribution in [0.15, 0.2) is 24.4 Å². The summed E-state index contributed by atoms with van der Waals surface area (Å²) in [7, 11) is 0. The molecule has 1 saturated carbocycles. The topological polar surface area (TPSA) is 53.8 Å². The molecular formula is C11H10N2O. The third-order valence-corrected chi connectivity index (χ3v) is 2.38. The van der Waals surface area contributed by atoms with E-state index >= 15 is 0 Å². The minimum atomic E-state index is -0.663. The van der Waals surface area contributed by atoms with Gasteiger partial charge in [0.2, 0.25) is 0 Å². The molecule has 1 atom stereocenters. The first-order chi connectivity index (χ1) is 6.83. The van der Waals surface area contributed by atoms with Crippen LogP contribution in [0.3, 0.4) is 0 Å². The molecule has 0 bridgehead atoms. The van der Waals surface area contributed by atoms with E-state index in [0.717, 1.165) is 12.8 Å². The van der Waals surface area contributed by atoms with Gasteiger partial charge < -0.3 is 0 Å². The molecular weight excluding hydrogens is 176 g/mol. The lowest BCUT2D eigenvalue weighted by molar-refractivity contribution is -0.120. The Labute approximate surface area is 82.4 Å². The van der Waals surface area contributed by atoms with Crippen LogP contribution < -0.4 is 0 Å². The van der Waals surface area contributed by atoms with Crippen LogP contribution in [0.1, 0.15) is 24.5 Å². The number of aromatic nitrogens is 1. The first-order valence-electron chi connectivity index (χ1n) is 4.67. The van der Waals surface area contributed by atoms with Crippen LogP contribution >= 0.6 is 0 Å². The normalized spacial score (nSPS) is 17.1. The van der Waals surface area contributed by atoms with Gasteiger partial charge in [-0.25, -0.2) is 0 Å². The fraction of sp³-hybridized carbons (Fsp3) is 0.364. The largest absolute Gasteiger partial charge is 0.297 e. The van der Waals surface area contributed by atoms with Gasteiger partial charge >= 0.3 is 0 Å². The van der Waals surface area contributed by atoms with Crippen molar-refractivity contribution in [1.29, 1.82) is 5.26 Å². The summed E-state index contributed by atoms with van der Waals surface area (Å²) in [5.74, 6) is -0.517. The summed E-state index contributed by atoms with van der Waals surface area (Å²) < 4.78 is 0. The number of hydrogen-bond donors (Lipinski definition) is 0. The Morgan fingerprint density at radius 2 is 2.36 bits per heavy atom. The van der Waals surface area contributed by atoms with Crippen LogP contribution in [-0.4, -0.2) is 10.8 Å². The van der Waals surface area contributed by atoms with E-state index in [-0.39, 0.29) is 11.7 Å². The third-order valence-electron chi connectivity index (χ3n) is 2.38. The maximum absolute atomic E-state index is 11.7. The lowest BCUT2D eigenvalue weighted by Crippen LogP contribution is -2.13. The van der Waals surface area contributed by atoms with Gasteiger partial charge in [-0.15, -0.1) is 0 Å². The van der Waals surface area contributed by atoms with Crippen LogP contribution in [0, 0.1) is 17.2 Å². The average molecular weight is 186 g/mol. The lowest BCUT2D eigenvalue weighted by atomic mass is 9.98. The SMILES string of the molecule is N#CC(C(=O)C1CC1)c1ccccn1. The monoisotopic (exact) mass is 186 g/mol. The predicted molar refractivity (Wildman–Crippen MR) is 50.3 cm³/mol. The molecule has 1 aliphatic carbocycles. The van der Waals surface area contributed by atoms with E-state index < -0.39 is 5.92 Å². The van der Waals surface area contributed by atoms with Crippen LogP contribution in [-0.2, 0) is 4.79 Å². The van der Waals surface area contributed by atoms with Gasteiger partial charge in [0.15, 0.2) is 5.78 Å². The van der Waals surface area contributed by atoms with Crippen molar-refractivity contribution < 1.29 is 4.79 Å². The van der Waals surface area contributed by atoms with Crippen molar-refractivity contribution in [2.45, 2.75) is 18.8 Å². The van der Waals surface area contributed by atoms with Crippen molar-refractivity contribution in [2.24, 2.45) is 5.92 Å². The molecule has 0 aliphatic heterocycles. The highest BCUT2D eigenvalue weighted by Crippen LogP contribution is 2.34. The Bertz CT molecular complexity index is 376. The van der Waals surface area contributed by atoms with Crippen molar-refractivity contribution >= 4 is 5.78 Å². The first kappa shape index (κ1) is 8.89. The molecule has 0 aromatic carbocycles. The molecule has 1 aromatic rings. The van der Waals surface area contributed by atoms with Gasteiger partial charge in [0.25, 0.3) is 0 Å². The minimum Gasteiger partial charge on any atom is -0.297 e. The summed E-state index contributed by atoms with van der Waals surface area (Å²) in [6.45, 7) is 0. The summed E-state index contributed by atoms with van der Waals surface area (Å²) in [5, 5.41) is 8.92. The second-order valence-electron chi connectivity index (χ2n) is 3.49. The van der Waals surface area contributed by atoms with Gasteiger partial charge in [-0.3, -0.25) is 9.78 Å². The molecule has 2 rings (SSSR count). The Morgan fingerprint density at radius 3 is 2.86 bits per heavy atom. The molecule has 0 saturated heterocycles. The number of pyridine rings is 1. The highest BCUT2D eigenvalue weighted by Gasteiger charge is 2.36. The van der Waals surface area contributed by atoms with Crippen molar-refractivity contribution in [2.75, 3.05) is 0 Å². The van der Waals surface area contributed by atoms with E-state index in [0.29, 0.717) is 5.69 Å².